The molecule has 1 aliphatic rings. The number of aliphatic hydroxyl groups excluding tert-OH is 1. The Morgan fingerprint density at radius 3 is 2.51 bits per heavy atom. The summed E-state index contributed by atoms with van der Waals surface area (Å²) in [4.78, 5) is 31.7. The van der Waals surface area contributed by atoms with Crippen LogP contribution in [-0.2, 0) is 16.2 Å². The maximum atomic E-state index is 14.0. The van der Waals surface area contributed by atoms with Crippen molar-refractivity contribution in [2.45, 2.75) is 19.6 Å². The number of carbonyl (C=O) groups excluding carboxylic acids is 2. The summed E-state index contributed by atoms with van der Waals surface area (Å²) in [7, 11) is 0. The molecule has 0 radical (unpaired) electrons. The number of hydrogen-bond acceptors (Lipinski definition) is 5. The van der Waals surface area contributed by atoms with E-state index < -0.39 is 23.5 Å². The molecule has 1 saturated heterocycles. The van der Waals surface area contributed by atoms with Crippen molar-refractivity contribution in [3.8, 4) is 5.75 Å². The lowest BCUT2D eigenvalue weighted by Gasteiger charge is -2.25. The maximum absolute atomic E-state index is 14.0. The quantitative estimate of drug-likeness (QED) is 0.210. The Bertz CT molecular complexity index is 1500. The third-order valence-electron chi connectivity index (χ3n) is 6.22. The molecule has 0 aliphatic carbocycles. The lowest BCUT2D eigenvalue weighted by molar-refractivity contribution is -0.132. The first-order chi connectivity index (χ1) is 17.9. The van der Waals surface area contributed by atoms with Crippen LogP contribution in [0.4, 0.5) is 10.1 Å². The van der Waals surface area contributed by atoms with Crippen LogP contribution in [0.5, 0.6) is 5.75 Å². The van der Waals surface area contributed by atoms with Crippen LogP contribution in [0, 0.1) is 12.7 Å². The highest BCUT2D eigenvalue weighted by molar-refractivity contribution is 6.51. The molecule has 1 aromatic heterocycles. The Balaban J connectivity index is 1.55. The van der Waals surface area contributed by atoms with E-state index in [1.54, 1.807) is 42.6 Å². The van der Waals surface area contributed by atoms with Gasteiger partial charge in [0, 0.05) is 23.6 Å². The molecular weight excluding hydrogens is 471 g/mol. The van der Waals surface area contributed by atoms with Crippen LogP contribution in [0.2, 0.25) is 0 Å². The van der Waals surface area contributed by atoms with Gasteiger partial charge in [0.2, 0.25) is 0 Å². The summed E-state index contributed by atoms with van der Waals surface area (Å²) in [5.74, 6) is -1.97. The molecule has 1 atom stereocenters. The number of aromatic nitrogens is 1. The van der Waals surface area contributed by atoms with Crippen molar-refractivity contribution in [3.05, 3.63) is 131 Å². The van der Waals surface area contributed by atoms with Crippen molar-refractivity contribution < 1.29 is 23.8 Å². The number of halogens is 1. The highest BCUT2D eigenvalue weighted by Gasteiger charge is 2.47. The van der Waals surface area contributed by atoms with E-state index in [2.05, 4.69) is 4.98 Å². The molecule has 0 spiro atoms. The highest BCUT2D eigenvalue weighted by Crippen LogP contribution is 2.42. The molecule has 1 N–H and O–H groups in total. The minimum atomic E-state index is -0.982. The number of ether oxygens (including phenoxy) is 1. The summed E-state index contributed by atoms with van der Waals surface area (Å²) in [6.07, 6.45) is 3.08. The average molecular weight is 495 g/mol. The van der Waals surface area contributed by atoms with Crippen molar-refractivity contribution >= 4 is 23.1 Å². The molecule has 7 heteroatoms. The Labute approximate surface area is 213 Å². The first kappa shape index (κ1) is 23.9. The lowest BCUT2D eigenvalue weighted by atomic mass is 9.95. The zero-order valence-electron chi connectivity index (χ0n) is 20.0. The number of carbonyl (C=O) groups is 2. The molecule has 3 aromatic carbocycles. The van der Waals surface area contributed by atoms with Crippen molar-refractivity contribution in [1.29, 1.82) is 0 Å². The van der Waals surface area contributed by atoms with Crippen LogP contribution in [0.25, 0.3) is 5.76 Å². The van der Waals surface area contributed by atoms with Crippen molar-refractivity contribution in [3.63, 3.8) is 0 Å². The van der Waals surface area contributed by atoms with E-state index in [0.717, 1.165) is 11.1 Å². The van der Waals surface area contributed by atoms with Crippen molar-refractivity contribution in [1.82, 2.24) is 4.98 Å². The number of rotatable bonds is 6. The van der Waals surface area contributed by atoms with Crippen LogP contribution in [0.15, 0.2) is 103 Å². The zero-order valence-corrected chi connectivity index (χ0v) is 20.0. The first-order valence-electron chi connectivity index (χ1n) is 11.7. The molecule has 2 heterocycles. The van der Waals surface area contributed by atoms with Gasteiger partial charge in [-0.1, -0.05) is 42.5 Å². The van der Waals surface area contributed by atoms with Crippen LogP contribution < -0.4 is 9.64 Å². The highest BCUT2D eigenvalue weighted by atomic mass is 19.1. The van der Waals surface area contributed by atoms with E-state index in [1.165, 1.54) is 29.3 Å². The summed E-state index contributed by atoms with van der Waals surface area (Å²) >= 11 is 0. The molecule has 6 nitrogen and oxygen atoms in total. The summed E-state index contributed by atoms with van der Waals surface area (Å²) in [5.41, 5.74) is 2.73. The Morgan fingerprint density at radius 1 is 1.00 bits per heavy atom. The topological polar surface area (TPSA) is 79.7 Å². The molecule has 37 heavy (non-hydrogen) atoms. The van der Waals surface area contributed by atoms with Gasteiger partial charge in [0.05, 0.1) is 11.6 Å². The minimum Gasteiger partial charge on any atom is -0.507 e. The van der Waals surface area contributed by atoms with Gasteiger partial charge in [-0.2, -0.15) is 0 Å². The predicted molar refractivity (Wildman–Crippen MR) is 137 cm³/mol. The van der Waals surface area contributed by atoms with E-state index in [4.69, 9.17) is 4.74 Å². The minimum absolute atomic E-state index is 0.0976. The Hall–Kier alpha value is -4.78. The number of aryl methyl sites for hydroxylation is 1. The van der Waals surface area contributed by atoms with Gasteiger partial charge < -0.3 is 9.84 Å². The zero-order chi connectivity index (χ0) is 25.9. The molecule has 1 aliphatic heterocycles. The second-order valence-electron chi connectivity index (χ2n) is 8.69. The third kappa shape index (κ3) is 4.71. The number of benzene rings is 3. The standard InChI is InChI=1S/C30H23FN2O4/c1-19-15-21(12-13-25(19)37-18-20-7-3-2-4-8-20)28(34)26-27(22-9-6-14-32-17-22)33(30(36)29(26)35)24-11-5-10-23(31)16-24/h2-17,27,34H,18H2,1H3/b28-26+. The van der Waals surface area contributed by atoms with E-state index in [1.807, 2.05) is 37.3 Å². The fraction of sp³-hybridized carbons (Fsp3) is 0.100. The van der Waals surface area contributed by atoms with Crippen LogP contribution >= 0.6 is 0 Å². The summed E-state index contributed by atoms with van der Waals surface area (Å²) in [5, 5.41) is 11.3. The van der Waals surface area contributed by atoms with Gasteiger partial charge in [0.15, 0.2) is 0 Å². The Kier molecular flexibility index (Phi) is 6.51. The maximum Gasteiger partial charge on any atom is 0.300 e. The number of anilines is 1. The van der Waals surface area contributed by atoms with E-state index in [-0.39, 0.29) is 17.0 Å². The molecule has 1 unspecified atom stereocenters. The summed E-state index contributed by atoms with van der Waals surface area (Å²) in [6.45, 7) is 2.22. The van der Waals surface area contributed by atoms with Gasteiger partial charge >= 0.3 is 0 Å². The monoisotopic (exact) mass is 494 g/mol. The fourth-order valence-electron chi connectivity index (χ4n) is 4.43. The van der Waals surface area contributed by atoms with Gasteiger partial charge in [-0.3, -0.25) is 19.5 Å². The van der Waals surface area contributed by atoms with Crippen LogP contribution in [0.1, 0.15) is 28.3 Å². The normalized spacial score (nSPS) is 16.7. The molecule has 4 aromatic rings. The van der Waals surface area contributed by atoms with Gasteiger partial charge in [-0.15, -0.1) is 0 Å². The van der Waals surface area contributed by atoms with Gasteiger partial charge in [0.1, 0.15) is 23.9 Å². The van der Waals surface area contributed by atoms with Crippen molar-refractivity contribution in [2.75, 3.05) is 4.90 Å². The van der Waals surface area contributed by atoms with E-state index >= 15 is 0 Å². The number of hydrogen-bond donors (Lipinski definition) is 1. The summed E-state index contributed by atoms with van der Waals surface area (Å²) < 4.78 is 20.0. The SMILES string of the molecule is Cc1cc(/C(O)=C2\C(=O)C(=O)N(c3cccc(F)c3)C2c2cccnc2)ccc1OCc1ccccc1. The fourth-order valence-corrected chi connectivity index (χ4v) is 4.43. The third-order valence-corrected chi connectivity index (χ3v) is 6.22. The van der Waals surface area contributed by atoms with Gasteiger partial charge in [0.25, 0.3) is 11.7 Å². The average Bonchev–Trinajstić information content (AvgIpc) is 3.18. The van der Waals surface area contributed by atoms with Crippen molar-refractivity contribution in [2.24, 2.45) is 0 Å². The molecular formula is C30H23FN2O4. The number of Topliss-reactive ketones (excluding diaryl/α,β-unsaturated/α-hetero) is 1. The second-order valence-corrected chi connectivity index (χ2v) is 8.69. The number of ketones is 1. The number of pyridine rings is 1. The van der Waals surface area contributed by atoms with Gasteiger partial charge in [-0.25, -0.2) is 4.39 Å². The van der Waals surface area contributed by atoms with Crippen LogP contribution in [-0.4, -0.2) is 21.8 Å². The molecule has 1 amide bonds. The second kappa shape index (κ2) is 10.1. The predicted octanol–water partition coefficient (Wildman–Crippen LogP) is 5.73. The summed E-state index contributed by atoms with van der Waals surface area (Å²) in [6, 6.07) is 22.6. The Morgan fingerprint density at radius 2 is 1.81 bits per heavy atom. The number of nitrogens with zero attached hydrogens (tertiary/aromatic N) is 2. The molecule has 0 saturated carbocycles. The number of amides is 1. The largest absolute Gasteiger partial charge is 0.507 e. The number of aliphatic hydroxyl groups is 1. The molecule has 0 bridgehead atoms. The van der Waals surface area contributed by atoms with Gasteiger partial charge in [-0.05, 0) is 66.1 Å². The molecule has 1 fully saturated rings. The molecule has 5 rings (SSSR count). The smallest absolute Gasteiger partial charge is 0.300 e. The van der Waals surface area contributed by atoms with E-state index in [0.29, 0.717) is 23.5 Å². The molecule has 184 valence electrons. The first-order valence-corrected chi connectivity index (χ1v) is 11.7. The lowest BCUT2D eigenvalue weighted by Crippen LogP contribution is -2.29. The van der Waals surface area contributed by atoms with Crippen LogP contribution in [0.3, 0.4) is 0 Å². The van der Waals surface area contributed by atoms with E-state index in [9.17, 15) is 19.1 Å².